The van der Waals surface area contributed by atoms with Crippen molar-refractivity contribution in [1.82, 2.24) is 4.90 Å². The summed E-state index contributed by atoms with van der Waals surface area (Å²) in [6.45, 7) is 2.06. The maximum atomic E-state index is 5.36. The summed E-state index contributed by atoms with van der Waals surface area (Å²) in [6.07, 6.45) is 5.13. The number of hydrogen-bond donors (Lipinski definition) is 1. The van der Waals surface area contributed by atoms with Crippen LogP contribution in [0, 0.1) is 0 Å². The molecule has 0 aromatic carbocycles. The van der Waals surface area contributed by atoms with E-state index in [0.29, 0.717) is 0 Å². The molecule has 1 radical (unpaired) electrons. The summed E-state index contributed by atoms with van der Waals surface area (Å²) in [7, 11) is 4.23. The lowest BCUT2D eigenvalue weighted by Gasteiger charge is -1.99. The Kier molecular flexibility index (Phi) is 6.98. The SMILES string of the molecule is C[N+](C)CCCCCCN. The molecular formula is C8H20N2+. The van der Waals surface area contributed by atoms with Gasteiger partial charge in [-0.05, 0) is 19.4 Å². The van der Waals surface area contributed by atoms with Crippen LogP contribution in [0.15, 0.2) is 0 Å². The van der Waals surface area contributed by atoms with Crippen LogP contribution in [-0.2, 0) is 0 Å². The minimum absolute atomic E-state index is 0.849. The normalized spacial score (nSPS) is 10.8. The Morgan fingerprint density at radius 3 is 2.10 bits per heavy atom. The van der Waals surface area contributed by atoms with Crippen LogP contribution in [-0.4, -0.2) is 27.2 Å². The van der Waals surface area contributed by atoms with Gasteiger partial charge in [0.15, 0.2) is 0 Å². The van der Waals surface area contributed by atoms with Crippen molar-refractivity contribution in [2.45, 2.75) is 25.7 Å². The topological polar surface area (TPSA) is 31.9 Å². The molecule has 0 saturated heterocycles. The second kappa shape index (κ2) is 7.03. The maximum Gasteiger partial charge on any atom is 0.122 e. The summed E-state index contributed by atoms with van der Waals surface area (Å²) < 4.78 is 0. The standard InChI is InChI=1S/C8H20N2/c1-10(2)8-6-4-3-5-7-9/h3-9H2,1-2H3/q+1. The predicted octanol–water partition coefficient (Wildman–Crippen LogP) is 0.905. The zero-order chi connectivity index (χ0) is 7.82. The molecule has 0 heterocycles. The van der Waals surface area contributed by atoms with Crippen LogP contribution in [0.5, 0.6) is 0 Å². The van der Waals surface area contributed by atoms with Crippen molar-refractivity contribution in [2.24, 2.45) is 5.73 Å². The van der Waals surface area contributed by atoms with E-state index >= 15 is 0 Å². The van der Waals surface area contributed by atoms with Gasteiger partial charge in [-0.15, -0.1) is 0 Å². The van der Waals surface area contributed by atoms with Gasteiger partial charge in [-0.3, -0.25) is 0 Å². The van der Waals surface area contributed by atoms with Gasteiger partial charge in [0.05, 0.1) is 0 Å². The Labute approximate surface area is 64.4 Å². The maximum absolute atomic E-state index is 5.36. The quantitative estimate of drug-likeness (QED) is 0.436. The molecule has 2 N–H and O–H groups in total. The average molecular weight is 144 g/mol. The molecule has 0 aliphatic carbocycles. The lowest BCUT2D eigenvalue weighted by Crippen LogP contribution is -2.19. The highest BCUT2D eigenvalue weighted by Gasteiger charge is 1.96. The Morgan fingerprint density at radius 2 is 1.60 bits per heavy atom. The molecule has 0 bridgehead atoms. The smallest absolute Gasteiger partial charge is 0.122 e. The van der Waals surface area contributed by atoms with E-state index < -0.39 is 0 Å². The van der Waals surface area contributed by atoms with Gasteiger partial charge in [0.2, 0.25) is 0 Å². The summed E-state index contributed by atoms with van der Waals surface area (Å²) in [4.78, 5) is 2.22. The fourth-order valence-corrected chi connectivity index (χ4v) is 0.926. The van der Waals surface area contributed by atoms with E-state index in [1.54, 1.807) is 0 Å². The second-order valence-electron chi connectivity index (χ2n) is 3.01. The number of unbranched alkanes of at least 4 members (excludes halogenated alkanes) is 3. The summed E-state index contributed by atoms with van der Waals surface area (Å²) in [5.41, 5.74) is 5.36. The average Bonchev–Trinajstić information content (AvgIpc) is 1.87. The Balaban J connectivity index is 2.77. The molecule has 0 fully saturated rings. The van der Waals surface area contributed by atoms with Crippen molar-refractivity contribution in [3.05, 3.63) is 0 Å². The van der Waals surface area contributed by atoms with Crippen LogP contribution in [0.3, 0.4) is 0 Å². The monoisotopic (exact) mass is 144 g/mol. The third kappa shape index (κ3) is 7.92. The highest BCUT2D eigenvalue weighted by Crippen LogP contribution is 1.97. The fourth-order valence-electron chi connectivity index (χ4n) is 0.926. The van der Waals surface area contributed by atoms with Crippen LogP contribution in [0.2, 0.25) is 0 Å². The molecule has 0 spiro atoms. The van der Waals surface area contributed by atoms with Gasteiger partial charge in [-0.25, -0.2) is 0 Å². The van der Waals surface area contributed by atoms with Crippen LogP contribution < -0.4 is 10.6 Å². The fraction of sp³-hybridized carbons (Fsp3) is 1.00. The summed E-state index contributed by atoms with van der Waals surface area (Å²) >= 11 is 0. The minimum atomic E-state index is 0.849. The van der Waals surface area contributed by atoms with E-state index in [-0.39, 0.29) is 0 Å². The third-order valence-electron chi connectivity index (χ3n) is 1.56. The molecule has 0 rings (SSSR count). The van der Waals surface area contributed by atoms with E-state index in [0.717, 1.165) is 6.54 Å². The third-order valence-corrected chi connectivity index (χ3v) is 1.56. The first-order valence-corrected chi connectivity index (χ1v) is 4.12. The van der Waals surface area contributed by atoms with Crippen LogP contribution in [0.4, 0.5) is 0 Å². The number of rotatable bonds is 6. The van der Waals surface area contributed by atoms with Gasteiger partial charge in [0, 0.05) is 6.42 Å². The Hall–Kier alpha value is -0.0800. The van der Waals surface area contributed by atoms with Crippen molar-refractivity contribution in [3.8, 4) is 0 Å². The zero-order valence-corrected chi connectivity index (χ0v) is 7.27. The van der Waals surface area contributed by atoms with E-state index in [1.807, 2.05) is 0 Å². The molecule has 61 valence electrons. The molecule has 0 aromatic heterocycles. The predicted molar refractivity (Wildman–Crippen MR) is 46.4 cm³/mol. The van der Waals surface area contributed by atoms with E-state index in [9.17, 15) is 0 Å². The van der Waals surface area contributed by atoms with Crippen molar-refractivity contribution in [2.75, 3.05) is 27.2 Å². The summed E-state index contributed by atoms with van der Waals surface area (Å²) in [6, 6.07) is 0. The molecule has 0 aliphatic rings. The first-order chi connectivity index (χ1) is 4.77. The number of hydrogen-bond acceptors (Lipinski definition) is 2. The van der Waals surface area contributed by atoms with Gasteiger partial charge in [-0.2, -0.15) is 4.90 Å². The van der Waals surface area contributed by atoms with E-state index in [2.05, 4.69) is 19.0 Å². The molecule has 0 atom stereocenters. The van der Waals surface area contributed by atoms with E-state index in [1.165, 1.54) is 32.2 Å². The first kappa shape index (κ1) is 9.92. The highest BCUT2D eigenvalue weighted by atomic mass is 15.0. The lowest BCUT2D eigenvalue weighted by molar-refractivity contribution is 0.515. The molecule has 0 aliphatic heterocycles. The summed E-state index contributed by atoms with van der Waals surface area (Å²) in [5, 5.41) is 0. The van der Waals surface area contributed by atoms with Crippen LogP contribution >= 0.6 is 0 Å². The largest absolute Gasteiger partial charge is 0.330 e. The van der Waals surface area contributed by atoms with Gasteiger partial charge in [0.25, 0.3) is 0 Å². The highest BCUT2D eigenvalue weighted by molar-refractivity contribution is 4.50. The Bertz CT molecular complexity index is 62.3. The van der Waals surface area contributed by atoms with Crippen molar-refractivity contribution < 1.29 is 0 Å². The lowest BCUT2D eigenvalue weighted by atomic mass is 10.2. The number of nitrogens with two attached hydrogens (primary N) is 1. The molecule has 0 amide bonds. The molecule has 2 nitrogen and oxygen atoms in total. The number of nitrogens with zero attached hydrogens (tertiary/aromatic N) is 1. The second-order valence-corrected chi connectivity index (χ2v) is 3.01. The molecule has 2 heteroatoms. The zero-order valence-electron chi connectivity index (χ0n) is 7.27. The molecule has 0 aromatic rings. The summed E-state index contributed by atoms with van der Waals surface area (Å²) in [5.74, 6) is 0. The molecular weight excluding hydrogens is 124 g/mol. The van der Waals surface area contributed by atoms with Crippen molar-refractivity contribution in [1.29, 1.82) is 0 Å². The van der Waals surface area contributed by atoms with Gasteiger partial charge >= 0.3 is 0 Å². The van der Waals surface area contributed by atoms with Gasteiger partial charge < -0.3 is 5.73 Å². The van der Waals surface area contributed by atoms with Gasteiger partial charge in [-0.1, -0.05) is 6.42 Å². The first-order valence-electron chi connectivity index (χ1n) is 4.12. The van der Waals surface area contributed by atoms with Crippen LogP contribution in [0.25, 0.3) is 0 Å². The molecule has 10 heavy (non-hydrogen) atoms. The van der Waals surface area contributed by atoms with Crippen molar-refractivity contribution in [3.63, 3.8) is 0 Å². The Morgan fingerprint density at radius 1 is 1.00 bits per heavy atom. The molecule has 0 unspecified atom stereocenters. The minimum Gasteiger partial charge on any atom is -0.330 e. The molecule has 0 saturated carbocycles. The van der Waals surface area contributed by atoms with Crippen LogP contribution in [0.1, 0.15) is 25.7 Å². The van der Waals surface area contributed by atoms with Gasteiger partial charge in [0.1, 0.15) is 20.6 Å². The van der Waals surface area contributed by atoms with E-state index in [4.69, 9.17) is 5.73 Å². The van der Waals surface area contributed by atoms with Crippen molar-refractivity contribution >= 4 is 0 Å².